The molecule has 0 bridgehead atoms. The van der Waals surface area contributed by atoms with Gasteiger partial charge in [-0.25, -0.2) is 0 Å². The lowest BCUT2D eigenvalue weighted by molar-refractivity contribution is -0.194. The van der Waals surface area contributed by atoms with Crippen molar-refractivity contribution >= 4 is 5.91 Å². The fourth-order valence-electron chi connectivity index (χ4n) is 2.28. The lowest BCUT2D eigenvalue weighted by Crippen LogP contribution is -2.44. The molecular weight excluding hydrogens is 243 g/mol. The van der Waals surface area contributed by atoms with Gasteiger partial charge in [-0.1, -0.05) is 30.3 Å². The van der Waals surface area contributed by atoms with Crippen molar-refractivity contribution in [2.24, 2.45) is 0 Å². The second-order valence-corrected chi connectivity index (χ2v) is 4.40. The van der Waals surface area contributed by atoms with E-state index in [1.807, 2.05) is 0 Å². The highest BCUT2D eigenvalue weighted by Crippen LogP contribution is 2.39. The zero-order valence-corrected chi connectivity index (χ0v) is 9.78. The van der Waals surface area contributed by atoms with E-state index in [1.165, 1.54) is 12.1 Å². The number of alkyl halides is 3. The molecule has 0 saturated carbocycles. The standard InChI is InChI=1S/C13H14F3NO/c14-13(15,16)12(10-6-2-1-3-7-10)17-9-5-4-8-11(17)18/h1-3,6-7,12H,4-5,8-9H2. The molecule has 0 aliphatic carbocycles. The van der Waals surface area contributed by atoms with E-state index in [-0.39, 0.29) is 18.5 Å². The van der Waals surface area contributed by atoms with Crippen molar-refractivity contribution in [1.29, 1.82) is 0 Å². The van der Waals surface area contributed by atoms with Crippen molar-refractivity contribution in [2.45, 2.75) is 31.5 Å². The molecule has 1 saturated heterocycles. The first-order valence-corrected chi connectivity index (χ1v) is 5.91. The lowest BCUT2D eigenvalue weighted by Gasteiger charge is -2.36. The van der Waals surface area contributed by atoms with Crippen LogP contribution >= 0.6 is 0 Å². The number of rotatable bonds is 2. The number of carbonyl (C=O) groups is 1. The number of piperidine rings is 1. The number of nitrogens with zero attached hydrogens (tertiary/aromatic N) is 1. The van der Waals surface area contributed by atoms with Crippen LogP contribution in [0.3, 0.4) is 0 Å². The Hall–Kier alpha value is -1.52. The average molecular weight is 257 g/mol. The number of carbonyl (C=O) groups excluding carboxylic acids is 1. The highest BCUT2D eigenvalue weighted by Gasteiger charge is 2.46. The summed E-state index contributed by atoms with van der Waals surface area (Å²) in [7, 11) is 0. The van der Waals surface area contributed by atoms with E-state index in [0.29, 0.717) is 12.8 Å². The van der Waals surface area contributed by atoms with Gasteiger partial charge in [0.25, 0.3) is 0 Å². The van der Waals surface area contributed by atoms with Gasteiger partial charge >= 0.3 is 6.18 Å². The molecule has 1 aromatic rings. The smallest absolute Gasteiger partial charge is 0.327 e. The molecule has 1 amide bonds. The van der Waals surface area contributed by atoms with Crippen LogP contribution in [0.5, 0.6) is 0 Å². The summed E-state index contributed by atoms with van der Waals surface area (Å²) < 4.78 is 39.5. The van der Waals surface area contributed by atoms with Crippen LogP contribution in [0, 0.1) is 0 Å². The first-order valence-electron chi connectivity index (χ1n) is 5.91. The molecule has 0 spiro atoms. The molecule has 1 fully saturated rings. The number of amides is 1. The number of hydrogen-bond donors (Lipinski definition) is 0. The van der Waals surface area contributed by atoms with Crippen molar-refractivity contribution in [3.63, 3.8) is 0 Å². The van der Waals surface area contributed by atoms with Crippen molar-refractivity contribution in [1.82, 2.24) is 4.90 Å². The molecule has 0 radical (unpaired) electrons. The fourth-order valence-corrected chi connectivity index (χ4v) is 2.28. The van der Waals surface area contributed by atoms with E-state index in [9.17, 15) is 18.0 Å². The van der Waals surface area contributed by atoms with Gasteiger partial charge in [-0.3, -0.25) is 4.79 Å². The van der Waals surface area contributed by atoms with E-state index in [0.717, 1.165) is 4.90 Å². The van der Waals surface area contributed by atoms with Gasteiger partial charge < -0.3 is 4.90 Å². The van der Waals surface area contributed by atoms with Gasteiger partial charge in [-0.2, -0.15) is 13.2 Å². The van der Waals surface area contributed by atoms with Crippen LogP contribution in [0.15, 0.2) is 30.3 Å². The molecule has 1 heterocycles. The molecule has 18 heavy (non-hydrogen) atoms. The van der Waals surface area contributed by atoms with Gasteiger partial charge in [0, 0.05) is 13.0 Å². The molecule has 1 aromatic carbocycles. The average Bonchev–Trinajstić information content (AvgIpc) is 2.32. The van der Waals surface area contributed by atoms with E-state index in [4.69, 9.17) is 0 Å². The van der Waals surface area contributed by atoms with Crippen LogP contribution in [0.25, 0.3) is 0 Å². The van der Waals surface area contributed by atoms with Gasteiger partial charge in [-0.05, 0) is 18.4 Å². The van der Waals surface area contributed by atoms with Gasteiger partial charge in [0.05, 0.1) is 0 Å². The van der Waals surface area contributed by atoms with Crippen molar-refractivity contribution in [3.05, 3.63) is 35.9 Å². The van der Waals surface area contributed by atoms with E-state index >= 15 is 0 Å². The number of benzene rings is 1. The number of likely N-dealkylation sites (tertiary alicyclic amines) is 1. The minimum absolute atomic E-state index is 0.125. The molecule has 1 aliphatic rings. The molecule has 2 rings (SSSR count). The minimum Gasteiger partial charge on any atom is -0.327 e. The molecule has 1 aliphatic heterocycles. The van der Waals surface area contributed by atoms with Crippen LogP contribution in [0.2, 0.25) is 0 Å². The first kappa shape index (κ1) is 12.9. The first-order chi connectivity index (χ1) is 8.50. The third-order valence-electron chi connectivity index (χ3n) is 3.10. The molecule has 5 heteroatoms. The summed E-state index contributed by atoms with van der Waals surface area (Å²) in [4.78, 5) is 12.6. The van der Waals surface area contributed by atoms with Crippen molar-refractivity contribution in [3.8, 4) is 0 Å². The number of hydrogen-bond acceptors (Lipinski definition) is 1. The third kappa shape index (κ3) is 2.66. The maximum atomic E-state index is 13.2. The Kier molecular flexibility index (Phi) is 3.59. The van der Waals surface area contributed by atoms with E-state index < -0.39 is 18.1 Å². The Labute approximate surface area is 103 Å². The van der Waals surface area contributed by atoms with Crippen molar-refractivity contribution < 1.29 is 18.0 Å². The third-order valence-corrected chi connectivity index (χ3v) is 3.10. The van der Waals surface area contributed by atoms with Crippen molar-refractivity contribution in [2.75, 3.05) is 6.54 Å². The lowest BCUT2D eigenvalue weighted by atomic mass is 10.0. The van der Waals surface area contributed by atoms with Crippen LogP contribution in [0.1, 0.15) is 30.9 Å². The largest absolute Gasteiger partial charge is 0.413 e. The monoisotopic (exact) mass is 257 g/mol. The normalized spacial score (nSPS) is 18.8. The molecule has 0 N–H and O–H groups in total. The minimum atomic E-state index is -4.44. The fraction of sp³-hybridized carbons (Fsp3) is 0.462. The molecule has 1 atom stereocenters. The Balaban J connectivity index is 2.34. The van der Waals surface area contributed by atoms with Crippen LogP contribution in [0.4, 0.5) is 13.2 Å². The van der Waals surface area contributed by atoms with Gasteiger partial charge in [0.15, 0.2) is 6.04 Å². The predicted molar refractivity (Wildman–Crippen MR) is 60.8 cm³/mol. The Morgan fingerprint density at radius 3 is 2.33 bits per heavy atom. The zero-order valence-electron chi connectivity index (χ0n) is 9.78. The summed E-state index contributed by atoms with van der Waals surface area (Å²) in [6, 6.07) is 5.80. The predicted octanol–water partition coefficient (Wildman–Crippen LogP) is 3.30. The topological polar surface area (TPSA) is 20.3 Å². The maximum absolute atomic E-state index is 13.2. The zero-order chi connectivity index (χ0) is 13.2. The summed E-state index contributed by atoms with van der Waals surface area (Å²) in [5, 5.41) is 0. The molecular formula is C13H14F3NO. The molecule has 98 valence electrons. The highest BCUT2D eigenvalue weighted by molar-refractivity contribution is 5.77. The van der Waals surface area contributed by atoms with E-state index in [2.05, 4.69) is 0 Å². The van der Waals surface area contributed by atoms with Gasteiger partial charge in [0.1, 0.15) is 0 Å². The summed E-state index contributed by atoms with van der Waals surface area (Å²) in [6.07, 6.45) is -2.92. The summed E-state index contributed by atoms with van der Waals surface area (Å²) >= 11 is 0. The van der Waals surface area contributed by atoms with Crippen LogP contribution in [-0.2, 0) is 4.79 Å². The van der Waals surface area contributed by atoms with Gasteiger partial charge in [0.2, 0.25) is 5.91 Å². The second kappa shape index (κ2) is 5.00. The van der Waals surface area contributed by atoms with Crippen LogP contribution in [-0.4, -0.2) is 23.5 Å². The van der Waals surface area contributed by atoms with Crippen LogP contribution < -0.4 is 0 Å². The second-order valence-electron chi connectivity index (χ2n) is 4.40. The maximum Gasteiger partial charge on any atom is 0.413 e. The quantitative estimate of drug-likeness (QED) is 0.796. The summed E-state index contributed by atoms with van der Waals surface area (Å²) in [5.74, 6) is -0.410. The number of halogens is 3. The van der Waals surface area contributed by atoms with Gasteiger partial charge in [-0.15, -0.1) is 0 Å². The molecule has 1 unspecified atom stereocenters. The SMILES string of the molecule is O=C1CCCCN1C(c1ccccc1)C(F)(F)F. The summed E-state index contributed by atoms with van der Waals surface area (Å²) in [6.45, 7) is 0.178. The Morgan fingerprint density at radius 1 is 1.11 bits per heavy atom. The molecule has 2 nitrogen and oxygen atoms in total. The molecule has 0 aromatic heterocycles. The summed E-state index contributed by atoms with van der Waals surface area (Å²) in [5.41, 5.74) is 0.125. The van der Waals surface area contributed by atoms with E-state index in [1.54, 1.807) is 18.2 Å². The Morgan fingerprint density at radius 2 is 1.78 bits per heavy atom. The Bertz CT molecular complexity index is 416. The highest BCUT2D eigenvalue weighted by atomic mass is 19.4.